The van der Waals surface area contributed by atoms with Crippen molar-refractivity contribution >= 4 is 5.91 Å². The lowest BCUT2D eigenvalue weighted by atomic mass is 9.87. The van der Waals surface area contributed by atoms with Gasteiger partial charge in [-0.2, -0.15) is 0 Å². The Labute approximate surface area is 259 Å². The lowest BCUT2D eigenvalue weighted by molar-refractivity contribution is -0.129. The zero-order chi connectivity index (χ0) is 30.5. The smallest absolute Gasteiger partial charge is 0.250 e. The second kappa shape index (κ2) is 13.1. The van der Waals surface area contributed by atoms with Crippen molar-refractivity contribution in [2.24, 2.45) is 0 Å². The minimum Gasteiger partial charge on any atom is -0.315 e. The summed E-state index contributed by atoms with van der Waals surface area (Å²) in [6.45, 7) is 5.43. The molecule has 0 bridgehead atoms. The fourth-order valence-corrected chi connectivity index (χ4v) is 6.06. The van der Waals surface area contributed by atoms with Gasteiger partial charge in [0.1, 0.15) is 0 Å². The molecular weight excluding hydrogens is 540 g/mol. The molecule has 0 radical (unpaired) electrons. The summed E-state index contributed by atoms with van der Waals surface area (Å²) in [6.07, 6.45) is 6.91. The lowest BCUT2D eigenvalue weighted by Crippen LogP contribution is -2.29. The SMILES string of the molecule is Cc1ccc(CC2=CN(Cc3ccccc3)C(=O)CC2)c(-c2cc(C)ccc2Cc2ccc(=O)n(Cc3ccccc3)c2)c1. The molecule has 0 N–H and O–H groups in total. The lowest BCUT2D eigenvalue weighted by Gasteiger charge is -2.26. The number of amides is 1. The predicted molar refractivity (Wildman–Crippen MR) is 178 cm³/mol. The molecule has 44 heavy (non-hydrogen) atoms. The van der Waals surface area contributed by atoms with Crippen LogP contribution in [0.4, 0.5) is 0 Å². The Balaban J connectivity index is 1.31. The number of hydrogen-bond donors (Lipinski definition) is 0. The Morgan fingerprint density at radius 3 is 1.82 bits per heavy atom. The molecule has 1 aromatic heterocycles. The molecule has 220 valence electrons. The molecule has 6 rings (SSSR count). The molecule has 4 aromatic carbocycles. The van der Waals surface area contributed by atoms with Gasteiger partial charge in [0.25, 0.3) is 5.56 Å². The van der Waals surface area contributed by atoms with Crippen molar-refractivity contribution in [3.63, 3.8) is 0 Å². The van der Waals surface area contributed by atoms with Crippen LogP contribution >= 0.6 is 0 Å². The van der Waals surface area contributed by atoms with E-state index >= 15 is 0 Å². The van der Waals surface area contributed by atoms with Crippen molar-refractivity contribution in [2.45, 2.75) is 52.6 Å². The van der Waals surface area contributed by atoms with Gasteiger partial charge in [-0.15, -0.1) is 0 Å². The fraction of sp³-hybridized carbons (Fsp3) is 0.200. The van der Waals surface area contributed by atoms with Crippen molar-refractivity contribution in [3.8, 4) is 11.1 Å². The topological polar surface area (TPSA) is 42.3 Å². The van der Waals surface area contributed by atoms with Crippen LogP contribution in [0.15, 0.2) is 132 Å². The first-order valence-electron chi connectivity index (χ1n) is 15.4. The summed E-state index contributed by atoms with van der Waals surface area (Å²) < 4.78 is 1.80. The molecule has 0 saturated heterocycles. The van der Waals surface area contributed by atoms with Crippen LogP contribution in [0.3, 0.4) is 0 Å². The summed E-state index contributed by atoms with van der Waals surface area (Å²) in [5.74, 6) is 0.177. The first-order chi connectivity index (χ1) is 21.4. The second-order valence-corrected chi connectivity index (χ2v) is 12.0. The monoisotopic (exact) mass is 578 g/mol. The van der Waals surface area contributed by atoms with Gasteiger partial charge < -0.3 is 9.47 Å². The van der Waals surface area contributed by atoms with E-state index in [4.69, 9.17) is 0 Å². The third-order valence-corrected chi connectivity index (χ3v) is 8.39. The molecule has 1 aliphatic heterocycles. The van der Waals surface area contributed by atoms with Gasteiger partial charge >= 0.3 is 0 Å². The first-order valence-corrected chi connectivity index (χ1v) is 15.4. The molecule has 0 atom stereocenters. The number of nitrogens with zero attached hydrogens (tertiary/aromatic N) is 2. The average Bonchev–Trinajstić information content (AvgIpc) is 3.03. The maximum absolute atomic E-state index is 12.8. The van der Waals surface area contributed by atoms with E-state index in [-0.39, 0.29) is 11.5 Å². The van der Waals surface area contributed by atoms with Crippen molar-refractivity contribution < 1.29 is 4.79 Å². The molecule has 1 aliphatic rings. The van der Waals surface area contributed by atoms with Crippen LogP contribution in [-0.2, 0) is 30.7 Å². The molecule has 0 unspecified atom stereocenters. The molecule has 4 nitrogen and oxygen atoms in total. The van der Waals surface area contributed by atoms with E-state index in [2.05, 4.69) is 80.7 Å². The number of hydrogen-bond acceptors (Lipinski definition) is 2. The van der Waals surface area contributed by atoms with Gasteiger partial charge in [0.05, 0.1) is 13.1 Å². The zero-order valence-electron chi connectivity index (χ0n) is 25.5. The van der Waals surface area contributed by atoms with Crippen LogP contribution in [0.5, 0.6) is 0 Å². The largest absolute Gasteiger partial charge is 0.315 e. The fourth-order valence-electron chi connectivity index (χ4n) is 6.06. The van der Waals surface area contributed by atoms with Crippen LogP contribution in [0.2, 0.25) is 0 Å². The van der Waals surface area contributed by atoms with E-state index in [9.17, 15) is 9.59 Å². The van der Waals surface area contributed by atoms with Gasteiger partial charge in [-0.25, -0.2) is 0 Å². The molecule has 4 heteroatoms. The van der Waals surface area contributed by atoms with E-state index in [1.807, 2.05) is 53.6 Å². The Kier molecular flexibility index (Phi) is 8.69. The Morgan fingerprint density at radius 1 is 0.591 bits per heavy atom. The maximum Gasteiger partial charge on any atom is 0.250 e. The molecule has 0 aliphatic carbocycles. The minimum absolute atomic E-state index is 0.00301. The second-order valence-electron chi connectivity index (χ2n) is 12.0. The number of benzene rings is 4. The van der Waals surface area contributed by atoms with Crippen LogP contribution in [0.25, 0.3) is 11.1 Å². The number of aromatic nitrogens is 1. The molecule has 0 saturated carbocycles. The van der Waals surface area contributed by atoms with Gasteiger partial charge in [-0.3, -0.25) is 9.59 Å². The van der Waals surface area contributed by atoms with E-state index < -0.39 is 0 Å². The standard InChI is InChI=1S/C40H38N2O2/c1-29-13-17-35(23-33-15-19-39(43)41(27-33)25-31-9-5-3-6-10-31)37(21-29)38-22-30(2)14-18-36(38)24-34-16-20-40(44)42(28-34)26-32-11-7-4-8-12-32/h3-15,17-19,21-22,27-28H,16,20,23-26H2,1-2H3. The number of aryl methyl sites for hydroxylation is 2. The Bertz CT molecular complexity index is 1870. The molecular formula is C40H38N2O2. The highest BCUT2D eigenvalue weighted by Crippen LogP contribution is 2.33. The Hall–Kier alpha value is -4.96. The van der Waals surface area contributed by atoms with Crippen molar-refractivity contribution in [1.29, 1.82) is 0 Å². The number of carbonyl (C=O) groups excluding carboxylic acids is 1. The number of pyridine rings is 1. The summed E-state index contributed by atoms with van der Waals surface area (Å²) in [5, 5.41) is 0. The first kappa shape index (κ1) is 29.1. The highest BCUT2D eigenvalue weighted by atomic mass is 16.2. The van der Waals surface area contributed by atoms with Crippen LogP contribution in [0, 0.1) is 13.8 Å². The Morgan fingerprint density at radius 2 is 1.18 bits per heavy atom. The average molecular weight is 579 g/mol. The van der Waals surface area contributed by atoms with E-state index in [1.165, 1.54) is 39.0 Å². The van der Waals surface area contributed by atoms with Gasteiger partial charge in [0, 0.05) is 24.9 Å². The summed E-state index contributed by atoms with van der Waals surface area (Å²) in [4.78, 5) is 27.4. The van der Waals surface area contributed by atoms with Crippen LogP contribution in [-0.4, -0.2) is 15.4 Å². The number of rotatable bonds is 9. The molecule has 0 spiro atoms. The van der Waals surface area contributed by atoms with Crippen molar-refractivity contribution in [3.05, 3.63) is 176 Å². The molecule has 5 aromatic rings. The van der Waals surface area contributed by atoms with Gasteiger partial charge in [-0.1, -0.05) is 114 Å². The quantitative estimate of drug-likeness (QED) is 0.178. The highest BCUT2D eigenvalue weighted by molar-refractivity contribution is 5.79. The maximum atomic E-state index is 12.8. The third-order valence-electron chi connectivity index (χ3n) is 8.39. The minimum atomic E-state index is 0.00301. The summed E-state index contributed by atoms with van der Waals surface area (Å²) in [5.41, 5.74) is 12.0. The number of allylic oxidation sites excluding steroid dienone is 1. The highest BCUT2D eigenvalue weighted by Gasteiger charge is 2.20. The van der Waals surface area contributed by atoms with Crippen molar-refractivity contribution in [1.82, 2.24) is 9.47 Å². The normalized spacial score (nSPS) is 13.2. The number of carbonyl (C=O) groups is 1. The predicted octanol–water partition coefficient (Wildman–Crippen LogP) is 8.02. The van der Waals surface area contributed by atoms with E-state index in [0.29, 0.717) is 19.5 Å². The third kappa shape index (κ3) is 6.98. The zero-order valence-corrected chi connectivity index (χ0v) is 25.5. The van der Waals surface area contributed by atoms with Gasteiger partial charge in [0.15, 0.2) is 0 Å². The van der Waals surface area contributed by atoms with Crippen LogP contribution in [0.1, 0.15) is 51.8 Å². The summed E-state index contributed by atoms with van der Waals surface area (Å²) in [7, 11) is 0. The van der Waals surface area contributed by atoms with Crippen LogP contribution < -0.4 is 5.56 Å². The van der Waals surface area contributed by atoms with E-state index in [0.717, 1.165) is 36.0 Å². The van der Waals surface area contributed by atoms with Gasteiger partial charge in [-0.05, 0) is 77.6 Å². The molecule has 0 fully saturated rings. The summed E-state index contributed by atoms with van der Waals surface area (Å²) >= 11 is 0. The van der Waals surface area contributed by atoms with E-state index in [1.54, 1.807) is 10.6 Å². The van der Waals surface area contributed by atoms with Crippen molar-refractivity contribution in [2.75, 3.05) is 0 Å². The van der Waals surface area contributed by atoms with Gasteiger partial charge in [0.2, 0.25) is 5.91 Å². The molecule has 2 heterocycles. The summed E-state index contributed by atoms with van der Waals surface area (Å²) in [6, 6.07) is 37.3. The molecule has 1 amide bonds.